The largest absolute Gasteiger partial charge is 0.503 e. The van der Waals surface area contributed by atoms with Gasteiger partial charge in [-0.3, -0.25) is 14.4 Å². The highest BCUT2D eigenvalue weighted by Crippen LogP contribution is 2.24. The molecule has 0 bridgehead atoms. The van der Waals surface area contributed by atoms with Gasteiger partial charge in [0.05, 0.1) is 5.56 Å². The molecule has 2 rings (SSSR count). The minimum absolute atomic E-state index is 0.0279. The zero-order valence-corrected chi connectivity index (χ0v) is 8.48. The second-order valence-electron chi connectivity index (χ2n) is 3.52. The summed E-state index contributed by atoms with van der Waals surface area (Å²) in [5.41, 5.74) is -0.548. The highest BCUT2D eigenvalue weighted by Gasteiger charge is 2.21. The maximum absolute atomic E-state index is 11.2. The smallest absolute Gasteiger partial charge is 0.268 e. The molecule has 0 spiro atoms. The van der Waals surface area contributed by atoms with E-state index in [1.54, 1.807) is 12.1 Å². The van der Waals surface area contributed by atoms with Gasteiger partial charge in [0.25, 0.3) is 5.43 Å². The summed E-state index contributed by atoms with van der Waals surface area (Å²) in [6.45, 7) is 1.43. The molecular formula is C12H8O4. The number of carbonyl (C=O) groups excluding carboxylic acids is 1. The molecule has 0 amide bonds. The standard InChI is InChI=1S/C12H8O4/c1-6(13)7-2-4-8(5-3-7)9-10(14)12(16)11(9)15/h2-5,14H,1H3. The van der Waals surface area contributed by atoms with Crippen molar-refractivity contribution in [2.24, 2.45) is 0 Å². The Balaban J connectivity index is 2.48. The number of rotatable bonds is 2. The Bertz CT molecular complexity index is 628. The van der Waals surface area contributed by atoms with Crippen LogP contribution >= 0.6 is 0 Å². The van der Waals surface area contributed by atoms with E-state index in [9.17, 15) is 19.5 Å². The van der Waals surface area contributed by atoms with Crippen molar-refractivity contribution in [1.82, 2.24) is 0 Å². The van der Waals surface area contributed by atoms with Crippen molar-refractivity contribution >= 4 is 5.78 Å². The van der Waals surface area contributed by atoms with Crippen molar-refractivity contribution in [2.45, 2.75) is 6.92 Å². The average molecular weight is 216 g/mol. The van der Waals surface area contributed by atoms with Crippen LogP contribution < -0.4 is 10.9 Å². The van der Waals surface area contributed by atoms with Crippen LogP contribution in [-0.4, -0.2) is 10.9 Å². The highest BCUT2D eigenvalue weighted by molar-refractivity contribution is 5.94. The van der Waals surface area contributed by atoms with Gasteiger partial charge in [0.15, 0.2) is 11.5 Å². The van der Waals surface area contributed by atoms with Crippen LogP contribution in [0.5, 0.6) is 5.75 Å². The Morgan fingerprint density at radius 1 is 1.06 bits per heavy atom. The molecule has 4 heteroatoms. The van der Waals surface area contributed by atoms with E-state index in [1.165, 1.54) is 19.1 Å². The fraction of sp³-hybridized carbons (Fsp3) is 0.0833. The normalized spacial score (nSPS) is 10.6. The third kappa shape index (κ3) is 1.35. The highest BCUT2D eigenvalue weighted by atomic mass is 16.3. The number of carbonyl (C=O) groups is 1. The molecule has 0 aromatic heterocycles. The van der Waals surface area contributed by atoms with Crippen LogP contribution in [0.15, 0.2) is 33.9 Å². The number of ketones is 1. The zero-order valence-electron chi connectivity index (χ0n) is 8.48. The van der Waals surface area contributed by atoms with Crippen molar-refractivity contribution in [3.8, 4) is 16.9 Å². The van der Waals surface area contributed by atoms with Gasteiger partial charge in [-0.2, -0.15) is 0 Å². The lowest BCUT2D eigenvalue weighted by Crippen LogP contribution is -2.31. The quantitative estimate of drug-likeness (QED) is 0.597. The number of hydrogen-bond donors (Lipinski definition) is 1. The van der Waals surface area contributed by atoms with Gasteiger partial charge in [0, 0.05) is 5.56 Å². The number of benzene rings is 1. The van der Waals surface area contributed by atoms with Gasteiger partial charge in [-0.1, -0.05) is 24.3 Å². The van der Waals surface area contributed by atoms with E-state index in [-0.39, 0.29) is 11.3 Å². The first-order chi connectivity index (χ1) is 7.52. The molecule has 0 saturated carbocycles. The van der Waals surface area contributed by atoms with E-state index < -0.39 is 16.6 Å². The average Bonchev–Trinajstić information content (AvgIpc) is 2.29. The van der Waals surface area contributed by atoms with Crippen LogP contribution in [0.1, 0.15) is 17.3 Å². The van der Waals surface area contributed by atoms with E-state index in [0.717, 1.165) is 0 Å². The number of Topliss-reactive ketones (excluding diaryl/α,β-unsaturated/α-hetero) is 1. The van der Waals surface area contributed by atoms with Gasteiger partial charge < -0.3 is 5.11 Å². The van der Waals surface area contributed by atoms with Gasteiger partial charge in [0.2, 0.25) is 5.43 Å². The van der Waals surface area contributed by atoms with Crippen LogP contribution in [0.3, 0.4) is 0 Å². The lowest BCUT2D eigenvalue weighted by atomic mass is 9.98. The Morgan fingerprint density at radius 3 is 2.06 bits per heavy atom. The molecule has 0 atom stereocenters. The van der Waals surface area contributed by atoms with E-state index in [0.29, 0.717) is 11.1 Å². The van der Waals surface area contributed by atoms with E-state index in [1.807, 2.05) is 0 Å². The topological polar surface area (TPSA) is 71.4 Å². The first-order valence-corrected chi connectivity index (χ1v) is 4.66. The zero-order chi connectivity index (χ0) is 11.9. The second kappa shape index (κ2) is 3.41. The Hall–Kier alpha value is -2.23. The minimum atomic E-state index is -0.856. The van der Waals surface area contributed by atoms with Crippen LogP contribution in [0.4, 0.5) is 0 Å². The summed E-state index contributed by atoms with van der Waals surface area (Å²) in [7, 11) is 0. The van der Waals surface area contributed by atoms with E-state index in [2.05, 4.69) is 0 Å². The Kier molecular flexibility index (Phi) is 2.20. The summed E-state index contributed by atoms with van der Waals surface area (Å²) in [5.74, 6) is -0.582. The third-order valence-electron chi connectivity index (χ3n) is 2.47. The Morgan fingerprint density at radius 2 is 1.62 bits per heavy atom. The molecule has 2 aromatic carbocycles. The maximum atomic E-state index is 11.2. The van der Waals surface area contributed by atoms with Gasteiger partial charge in [-0.05, 0) is 12.5 Å². The monoisotopic (exact) mass is 216 g/mol. The molecule has 0 unspecified atom stereocenters. The maximum Gasteiger partial charge on any atom is 0.268 e. The second-order valence-corrected chi connectivity index (χ2v) is 3.52. The van der Waals surface area contributed by atoms with Crippen LogP contribution in [0, 0.1) is 0 Å². The molecule has 4 nitrogen and oxygen atoms in total. The fourth-order valence-electron chi connectivity index (χ4n) is 1.52. The molecule has 16 heavy (non-hydrogen) atoms. The minimum Gasteiger partial charge on any atom is -0.503 e. The van der Waals surface area contributed by atoms with Crippen LogP contribution in [0.25, 0.3) is 11.1 Å². The van der Waals surface area contributed by atoms with E-state index in [4.69, 9.17) is 0 Å². The lowest BCUT2D eigenvalue weighted by molar-refractivity contribution is 0.101. The van der Waals surface area contributed by atoms with Crippen molar-refractivity contribution in [1.29, 1.82) is 0 Å². The molecule has 0 aliphatic carbocycles. The van der Waals surface area contributed by atoms with Gasteiger partial charge in [0.1, 0.15) is 0 Å². The molecule has 0 heterocycles. The Labute approximate surface area is 90.5 Å². The first kappa shape index (κ1) is 10.3. The molecule has 0 aliphatic rings. The predicted molar refractivity (Wildman–Crippen MR) is 58.5 cm³/mol. The summed E-state index contributed by atoms with van der Waals surface area (Å²) < 4.78 is 0. The lowest BCUT2D eigenvalue weighted by Gasteiger charge is -2.05. The van der Waals surface area contributed by atoms with Crippen molar-refractivity contribution in [2.75, 3.05) is 0 Å². The molecule has 2 aromatic rings. The SMILES string of the molecule is CC(=O)c1ccc(-c2c(O)c(=O)c2=O)cc1. The van der Waals surface area contributed by atoms with Gasteiger partial charge in [-0.25, -0.2) is 0 Å². The number of hydrogen-bond acceptors (Lipinski definition) is 4. The summed E-state index contributed by atoms with van der Waals surface area (Å²) in [5, 5.41) is 9.22. The molecule has 0 saturated heterocycles. The molecular weight excluding hydrogens is 208 g/mol. The predicted octanol–water partition coefficient (Wildman–Crippen LogP) is 0.858. The molecule has 80 valence electrons. The third-order valence-corrected chi connectivity index (χ3v) is 2.47. The van der Waals surface area contributed by atoms with Crippen LogP contribution in [0.2, 0.25) is 0 Å². The van der Waals surface area contributed by atoms with Crippen molar-refractivity contribution < 1.29 is 9.90 Å². The number of aromatic hydroxyl groups is 1. The molecule has 0 fully saturated rings. The first-order valence-electron chi connectivity index (χ1n) is 4.66. The van der Waals surface area contributed by atoms with Crippen LogP contribution in [-0.2, 0) is 0 Å². The van der Waals surface area contributed by atoms with Crippen molar-refractivity contribution in [3.05, 3.63) is 50.3 Å². The molecule has 0 radical (unpaired) electrons. The van der Waals surface area contributed by atoms with Gasteiger partial charge >= 0.3 is 0 Å². The summed E-state index contributed by atoms with van der Waals surface area (Å²) in [4.78, 5) is 33.0. The fourth-order valence-corrected chi connectivity index (χ4v) is 1.52. The summed E-state index contributed by atoms with van der Waals surface area (Å²) in [6, 6.07) is 6.17. The summed E-state index contributed by atoms with van der Waals surface area (Å²) in [6.07, 6.45) is 0. The van der Waals surface area contributed by atoms with Gasteiger partial charge in [-0.15, -0.1) is 0 Å². The molecule has 0 aliphatic heterocycles. The van der Waals surface area contributed by atoms with Crippen molar-refractivity contribution in [3.63, 3.8) is 0 Å². The van der Waals surface area contributed by atoms with E-state index >= 15 is 0 Å². The molecule has 1 N–H and O–H groups in total. The summed E-state index contributed by atoms with van der Waals surface area (Å²) >= 11 is 0.